The standard InChI is InChI=1S/C18H32O16/c19-1-4-7(22)8(23)10(25)15(31-4)18(30)13(27)6(3-21)33-17(14(18)28)34-12-5(2-20)32-16(29)11(26)9(12)24/h4-17,19-30H,1-3H2/t4-,5-,6-,7+,8+,9-,10-,11-,12-,13+,14+,15-,16?,17+,18+/m1/s1. The van der Waals surface area contributed by atoms with Crippen molar-refractivity contribution >= 4 is 0 Å². The van der Waals surface area contributed by atoms with Gasteiger partial charge in [0.1, 0.15) is 73.2 Å². The SMILES string of the molecule is OC[C@H]1O[C@@H]([C@@]2(O)[C@@H](O)[C@H](O[C@H]3[C@H](O)[C@@H](O)C(O)O[C@@H]3CO)O[C@H](CO)[C@@H]2O)[C@H](O)[C@@H](O)[C@H]1O. The van der Waals surface area contributed by atoms with Gasteiger partial charge in [0.25, 0.3) is 0 Å². The largest absolute Gasteiger partial charge is 0.394 e. The summed E-state index contributed by atoms with van der Waals surface area (Å²) in [5, 5.41) is 122. The number of aliphatic hydroxyl groups is 12. The topological polar surface area (TPSA) is 280 Å². The molecule has 0 saturated carbocycles. The van der Waals surface area contributed by atoms with Gasteiger partial charge >= 0.3 is 0 Å². The van der Waals surface area contributed by atoms with E-state index in [0.717, 1.165) is 0 Å². The van der Waals surface area contributed by atoms with E-state index in [1.807, 2.05) is 0 Å². The fourth-order valence-corrected chi connectivity index (χ4v) is 4.47. The van der Waals surface area contributed by atoms with Crippen molar-refractivity contribution in [2.45, 2.75) is 91.4 Å². The highest BCUT2D eigenvalue weighted by atomic mass is 16.7. The summed E-state index contributed by atoms with van der Waals surface area (Å²) in [4.78, 5) is 0. The van der Waals surface area contributed by atoms with Crippen LogP contribution in [0.25, 0.3) is 0 Å². The molecule has 12 N–H and O–H groups in total. The smallest absolute Gasteiger partial charge is 0.187 e. The van der Waals surface area contributed by atoms with E-state index in [1.165, 1.54) is 0 Å². The Kier molecular flexibility index (Phi) is 8.85. The van der Waals surface area contributed by atoms with Gasteiger partial charge in [-0.15, -0.1) is 0 Å². The van der Waals surface area contributed by atoms with E-state index in [9.17, 15) is 61.3 Å². The summed E-state index contributed by atoms with van der Waals surface area (Å²) >= 11 is 0. The van der Waals surface area contributed by atoms with Crippen molar-refractivity contribution in [2.75, 3.05) is 19.8 Å². The molecule has 16 heteroatoms. The van der Waals surface area contributed by atoms with Crippen LogP contribution in [0.4, 0.5) is 0 Å². The molecule has 0 bridgehead atoms. The van der Waals surface area contributed by atoms with E-state index in [4.69, 9.17) is 18.9 Å². The molecule has 0 amide bonds. The summed E-state index contributed by atoms with van der Waals surface area (Å²) in [7, 11) is 0. The summed E-state index contributed by atoms with van der Waals surface area (Å²) in [6.07, 6.45) is -26.6. The van der Waals surface area contributed by atoms with E-state index in [2.05, 4.69) is 0 Å². The lowest BCUT2D eigenvalue weighted by molar-refractivity contribution is -0.393. The third-order valence-corrected chi connectivity index (χ3v) is 6.52. The first-order valence-electron chi connectivity index (χ1n) is 10.5. The monoisotopic (exact) mass is 504 g/mol. The summed E-state index contributed by atoms with van der Waals surface area (Å²) in [5.41, 5.74) is -2.96. The Bertz CT molecular complexity index is 666. The molecule has 16 nitrogen and oxygen atoms in total. The first kappa shape index (κ1) is 27.9. The molecule has 3 aliphatic rings. The highest BCUT2D eigenvalue weighted by Gasteiger charge is 2.65. The normalized spacial score (nSPS) is 54.7. The lowest BCUT2D eigenvalue weighted by Gasteiger charge is -2.55. The summed E-state index contributed by atoms with van der Waals surface area (Å²) in [6.45, 7) is -2.69. The zero-order chi connectivity index (χ0) is 25.5. The second kappa shape index (κ2) is 10.8. The van der Waals surface area contributed by atoms with Gasteiger partial charge in [0, 0.05) is 0 Å². The zero-order valence-corrected chi connectivity index (χ0v) is 17.7. The van der Waals surface area contributed by atoms with Gasteiger partial charge in [0.2, 0.25) is 0 Å². The number of hydrogen-bond acceptors (Lipinski definition) is 16. The van der Waals surface area contributed by atoms with Crippen LogP contribution in [0, 0.1) is 0 Å². The predicted molar refractivity (Wildman–Crippen MR) is 101 cm³/mol. The van der Waals surface area contributed by atoms with Gasteiger partial charge in [-0.2, -0.15) is 0 Å². The molecule has 1 unspecified atom stereocenters. The molecule has 3 fully saturated rings. The molecule has 3 aliphatic heterocycles. The van der Waals surface area contributed by atoms with Crippen LogP contribution < -0.4 is 0 Å². The lowest BCUT2D eigenvalue weighted by atomic mass is 9.74. The minimum Gasteiger partial charge on any atom is -0.394 e. The van der Waals surface area contributed by atoms with Crippen molar-refractivity contribution in [3.8, 4) is 0 Å². The molecule has 200 valence electrons. The third kappa shape index (κ3) is 4.59. The molecule has 0 aromatic heterocycles. The van der Waals surface area contributed by atoms with E-state index < -0.39 is 111 Å². The Morgan fingerprint density at radius 1 is 0.588 bits per heavy atom. The molecule has 3 rings (SSSR count). The minimum atomic E-state index is -2.96. The third-order valence-electron chi connectivity index (χ3n) is 6.52. The van der Waals surface area contributed by atoms with E-state index in [-0.39, 0.29) is 0 Å². The molecule has 3 saturated heterocycles. The number of hydrogen-bond donors (Lipinski definition) is 12. The average Bonchev–Trinajstić information content (AvgIpc) is 2.82. The van der Waals surface area contributed by atoms with Crippen LogP contribution in [0.2, 0.25) is 0 Å². The van der Waals surface area contributed by atoms with Crippen molar-refractivity contribution in [2.24, 2.45) is 0 Å². The van der Waals surface area contributed by atoms with Gasteiger partial charge in [0.05, 0.1) is 19.8 Å². The first-order valence-corrected chi connectivity index (χ1v) is 10.5. The Hall–Kier alpha value is -0.640. The average molecular weight is 504 g/mol. The van der Waals surface area contributed by atoms with Crippen LogP contribution in [0.15, 0.2) is 0 Å². The first-order chi connectivity index (χ1) is 15.9. The van der Waals surface area contributed by atoms with Crippen LogP contribution >= 0.6 is 0 Å². The Morgan fingerprint density at radius 3 is 1.74 bits per heavy atom. The maximum absolute atomic E-state index is 11.3. The lowest BCUT2D eigenvalue weighted by Crippen LogP contribution is -2.78. The van der Waals surface area contributed by atoms with Crippen molar-refractivity contribution < 1.29 is 80.2 Å². The van der Waals surface area contributed by atoms with Crippen molar-refractivity contribution in [1.29, 1.82) is 0 Å². The van der Waals surface area contributed by atoms with Crippen LogP contribution in [-0.4, -0.2) is 173 Å². The molecule has 0 spiro atoms. The quantitative estimate of drug-likeness (QED) is 0.160. The van der Waals surface area contributed by atoms with Gasteiger partial charge in [-0.1, -0.05) is 0 Å². The Balaban J connectivity index is 1.93. The van der Waals surface area contributed by atoms with E-state index in [1.54, 1.807) is 0 Å². The van der Waals surface area contributed by atoms with Gasteiger partial charge in [-0.25, -0.2) is 0 Å². The van der Waals surface area contributed by atoms with Crippen LogP contribution in [0.3, 0.4) is 0 Å². The molecule has 3 heterocycles. The molecule has 15 atom stereocenters. The van der Waals surface area contributed by atoms with Gasteiger partial charge in [-0.05, 0) is 0 Å². The minimum absolute atomic E-state index is 0.836. The number of ether oxygens (including phenoxy) is 4. The van der Waals surface area contributed by atoms with E-state index >= 15 is 0 Å². The molecule has 0 aliphatic carbocycles. The zero-order valence-electron chi connectivity index (χ0n) is 17.7. The van der Waals surface area contributed by atoms with Crippen LogP contribution in [-0.2, 0) is 18.9 Å². The highest BCUT2D eigenvalue weighted by Crippen LogP contribution is 2.40. The second-order valence-corrected chi connectivity index (χ2v) is 8.58. The summed E-state index contributed by atoms with van der Waals surface area (Å²) < 4.78 is 20.9. The van der Waals surface area contributed by atoms with Crippen molar-refractivity contribution in [3.05, 3.63) is 0 Å². The number of rotatable bonds is 6. The summed E-state index contributed by atoms with van der Waals surface area (Å²) in [6, 6.07) is 0. The maximum Gasteiger partial charge on any atom is 0.187 e. The number of aliphatic hydroxyl groups excluding tert-OH is 11. The fraction of sp³-hybridized carbons (Fsp3) is 1.00. The Labute approximate surface area is 192 Å². The highest BCUT2D eigenvalue weighted by molar-refractivity contribution is 5.12. The molecular weight excluding hydrogens is 472 g/mol. The van der Waals surface area contributed by atoms with Crippen molar-refractivity contribution in [1.82, 2.24) is 0 Å². The molecule has 0 radical (unpaired) electrons. The van der Waals surface area contributed by atoms with Crippen LogP contribution in [0.5, 0.6) is 0 Å². The molecule has 0 aromatic carbocycles. The van der Waals surface area contributed by atoms with Gasteiger partial charge in [-0.3, -0.25) is 0 Å². The molecular formula is C18H32O16. The van der Waals surface area contributed by atoms with Crippen LogP contribution in [0.1, 0.15) is 0 Å². The second-order valence-electron chi connectivity index (χ2n) is 8.58. The predicted octanol–water partition coefficient (Wildman–Crippen LogP) is -8.18. The Morgan fingerprint density at radius 2 is 1.18 bits per heavy atom. The van der Waals surface area contributed by atoms with Gasteiger partial charge in [0.15, 0.2) is 18.2 Å². The fourth-order valence-electron chi connectivity index (χ4n) is 4.47. The maximum atomic E-state index is 11.3. The van der Waals surface area contributed by atoms with Gasteiger partial charge < -0.3 is 80.2 Å². The van der Waals surface area contributed by atoms with E-state index in [0.29, 0.717) is 0 Å². The summed E-state index contributed by atoms with van der Waals surface area (Å²) in [5.74, 6) is 0. The molecule has 0 aromatic rings. The molecule has 34 heavy (non-hydrogen) atoms. The van der Waals surface area contributed by atoms with Crippen molar-refractivity contribution in [3.63, 3.8) is 0 Å².